The maximum atomic E-state index is 13.6. The zero-order valence-electron chi connectivity index (χ0n) is 23.2. The first-order valence-corrected chi connectivity index (χ1v) is 13.6. The number of amides is 3. The van der Waals surface area contributed by atoms with Gasteiger partial charge in [-0.05, 0) is 50.1 Å². The van der Waals surface area contributed by atoms with Gasteiger partial charge in [-0.3, -0.25) is 14.4 Å². The van der Waals surface area contributed by atoms with Crippen molar-refractivity contribution in [2.75, 3.05) is 52.4 Å². The van der Waals surface area contributed by atoms with Crippen LogP contribution in [0, 0.1) is 11.8 Å². The lowest BCUT2D eigenvalue weighted by molar-refractivity contribution is -0.122. The Morgan fingerprint density at radius 3 is 2.44 bits per heavy atom. The molecule has 0 spiro atoms. The van der Waals surface area contributed by atoms with Gasteiger partial charge in [-0.2, -0.15) is 0 Å². The summed E-state index contributed by atoms with van der Waals surface area (Å²) in [6.07, 6.45) is 1.06. The number of benzene rings is 2. The molecule has 2 aromatic rings. The number of fused-ring (bicyclic) bond motifs is 1. The Balaban J connectivity index is 1.62. The van der Waals surface area contributed by atoms with Crippen LogP contribution in [0.15, 0.2) is 48.5 Å². The molecule has 9 nitrogen and oxygen atoms in total. The number of rotatable bonds is 4. The van der Waals surface area contributed by atoms with E-state index in [4.69, 9.17) is 14.2 Å². The van der Waals surface area contributed by atoms with Crippen molar-refractivity contribution in [1.82, 2.24) is 9.80 Å². The number of likely N-dealkylation sites (N-methyl/N-ethyl adjacent to an activating group) is 1. The van der Waals surface area contributed by atoms with Gasteiger partial charge >= 0.3 is 0 Å². The van der Waals surface area contributed by atoms with Gasteiger partial charge in [0.05, 0.1) is 17.7 Å². The van der Waals surface area contributed by atoms with E-state index in [0.717, 1.165) is 0 Å². The Labute approximate surface area is 230 Å². The van der Waals surface area contributed by atoms with Gasteiger partial charge in [0.15, 0.2) is 0 Å². The molecule has 3 amide bonds. The van der Waals surface area contributed by atoms with Crippen molar-refractivity contribution < 1.29 is 28.6 Å². The van der Waals surface area contributed by atoms with Crippen LogP contribution in [0.4, 0.5) is 5.69 Å². The molecule has 0 aromatic heterocycles. The minimum absolute atomic E-state index is 0.0515. The third-order valence-electron chi connectivity index (χ3n) is 7.59. The fourth-order valence-electron chi connectivity index (χ4n) is 5.09. The van der Waals surface area contributed by atoms with Crippen LogP contribution in [-0.2, 0) is 14.3 Å². The fourth-order valence-corrected chi connectivity index (χ4v) is 5.09. The summed E-state index contributed by atoms with van der Waals surface area (Å²) in [6, 6.07) is 14.0. The summed E-state index contributed by atoms with van der Waals surface area (Å²) in [4.78, 5) is 43.4. The summed E-state index contributed by atoms with van der Waals surface area (Å²) >= 11 is 0. The van der Waals surface area contributed by atoms with Gasteiger partial charge in [-0.1, -0.05) is 25.1 Å². The van der Waals surface area contributed by atoms with E-state index in [2.05, 4.69) is 5.32 Å². The van der Waals surface area contributed by atoms with Crippen molar-refractivity contribution in [3.8, 4) is 5.75 Å². The Morgan fingerprint density at radius 1 is 1.03 bits per heavy atom. The Morgan fingerprint density at radius 2 is 1.74 bits per heavy atom. The van der Waals surface area contributed by atoms with Gasteiger partial charge in [0.2, 0.25) is 5.91 Å². The van der Waals surface area contributed by atoms with Gasteiger partial charge < -0.3 is 29.3 Å². The predicted molar refractivity (Wildman–Crippen MR) is 148 cm³/mol. The number of ether oxygens (including phenoxy) is 3. The number of carbonyl (C=O) groups excluding carboxylic acids is 3. The minimum atomic E-state index is -0.294. The summed E-state index contributed by atoms with van der Waals surface area (Å²) in [5.41, 5.74) is 1.49. The van der Waals surface area contributed by atoms with Crippen LogP contribution in [0.25, 0.3) is 0 Å². The average molecular weight is 538 g/mol. The van der Waals surface area contributed by atoms with Crippen molar-refractivity contribution >= 4 is 23.4 Å². The maximum absolute atomic E-state index is 13.6. The molecule has 0 bridgehead atoms. The lowest BCUT2D eigenvalue weighted by atomic mass is 9.99. The minimum Gasteiger partial charge on any atom is -0.491 e. The molecular weight excluding hydrogens is 498 g/mol. The van der Waals surface area contributed by atoms with E-state index >= 15 is 0 Å². The average Bonchev–Trinajstić information content (AvgIpc) is 2.97. The number of hydrogen-bond acceptors (Lipinski definition) is 6. The molecule has 4 rings (SSSR count). The Bertz CT molecular complexity index is 1150. The van der Waals surface area contributed by atoms with Crippen LogP contribution in [-0.4, -0.2) is 86.7 Å². The first-order chi connectivity index (χ1) is 18.8. The van der Waals surface area contributed by atoms with Crippen molar-refractivity contribution in [3.63, 3.8) is 0 Å². The Kier molecular flexibility index (Phi) is 9.59. The highest BCUT2D eigenvalue weighted by Gasteiger charge is 2.31. The quantitative estimate of drug-likeness (QED) is 0.639. The second-order valence-corrected chi connectivity index (χ2v) is 10.5. The molecule has 9 heteroatoms. The van der Waals surface area contributed by atoms with Crippen LogP contribution >= 0.6 is 0 Å². The van der Waals surface area contributed by atoms with Gasteiger partial charge in [0, 0.05) is 63.5 Å². The standard InChI is InChI=1S/C30H39N3O6/c1-20-17-33(29(35)23-8-6-5-7-9-23)21(2)19-39-26-11-10-24(31-28(34)22-12-14-38-15-13-22)16-25(26)30(36)32(3)18-27(20)37-4/h5-11,16,20-22,27H,12-15,17-19H2,1-4H3,(H,31,34)/t20-,21+,27+/m0/s1. The third-order valence-corrected chi connectivity index (χ3v) is 7.59. The molecule has 0 aliphatic carbocycles. The normalized spacial score (nSPS) is 23.2. The van der Waals surface area contributed by atoms with Crippen LogP contribution in [0.1, 0.15) is 47.4 Å². The topological polar surface area (TPSA) is 97.4 Å². The zero-order valence-corrected chi connectivity index (χ0v) is 23.2. The second kappa shape index (κ2) is 13.1. The lowest BCUT2D eigenvalue weighted by Crippen LogP contribution is -2.48. The number of anilines is 1. The molecule has 1 saturated heterocycles. The highest BCUT2D eigenvalue weighted by atomic mass is 16.5. The molecule has 2 aliphatic rings. The van der Waals surface area contributed by atoms with Gasteiger partial charge in [0.25, 0.3) is 11.8 Å². The SMILES string of the molecule is CO[C@@H]1CN(C)C(=O)c2cc(NC(=O)C3CCOCC3)ccc2OC[C@@H](C)N(C(=O)c2ccccc2)C[C@@H]1C. The van der Waals surface area contributed by atoms with E-state index in [1.54, 1.807) is 37.3 Å². The molecule has 1 N–H and O–H groups in total. The molecule has 2 heterocycles. The van der Waals surface area contributed by atoms with Crippen LogP contribution in [0.3, 0.4) is 0 Å². The van der Waals surface area contributed by atoms with Crippen molar-refractivity contribution in [1.29, 1.82) is 0 Å². The van der Waals surface area contributed by atoms with Gasteiger partial charge in [-0.25, -0.2) is 0 Å². The summed E-state index contributed by atoms with van der Waals surface area (Å²) in [5, 5.41) is 2.96. The summed E-state index contributed by atoms with van der Waals surface area (Å²) < 4.78 is 17.3. The molecule has 210 valence electrons. The van der Waals surface area contributed by atoms with E-state index in [1.807, 2.05) is 49.1 Å². The third kappa shape index (κ3) is 6.96. The number of nitrogens with zero attached hydrogens (tertiary/aromatic N) is 2. The zero-order chi connectivity index (χ0) is 27.9. The molecule has 0 radical (unpaired) electrons. The lowest BCUT2D eigenvalue weighted by Gasteiger charge is -2.36. The largest absolute Gasteiger partial charge is 0.491 e. The molecular formula is C30H39N3O6. The van der Waals surface area contributed by atoms with Crippen LogP contribution in [0.5, 0.6) is 5.75 Å². The van der Waals surface area contributed by atoms with Crippen molar-refractivity contribution in [3.05, 3.63) is 59.7 Å². The highest BCUT2D eigenvalue weighted by Crippen LogP contribution is 2.28. The highest BCUT2D eigenvalue weighted by molar-refractivity contribution is 6.00. The van der Waals surface area contributed by atoms with E-state index in [9.17, 15) is 14.4 Å². The number of nitrogens with one attached hydrogen (secondary N) is 1. The summed E-state index contributed by atoms with van der Waals surface area (Å²) in [7, 11) is 3.35. The maximum Gasteiger partial charge on any atom is 0.257 e. The first kappa shape index (κ1) is 28.6. The van der Waals surface area contributed by atoms with Crippen molar-refractivity contribution in [2.45, 2.75) is 38.8 Å². The Hall–Kier alpha value is -3.43. The van der Waals surface area contributed by atoms with E-state index in [1.165, 1.54) is 0 Å². The number of carbonyl (C=O) groups is 3. The van der Waals surface area contributed by atoms with E-state index in [-0.39, 0.29) is 48.3 Å². The predicted octanol–water partition coefficient (Wildman–Crippen LogP) is 3.70. The number of hydrogen-bond donors (Lipinski definition) is 1. The summed E-state index contributed by atoms with van der Waals surface area (Å²) in [5.74, 6) is -0.160. The monoisotopic (exact) mass is 537 g/mol. The smallest absolute Gasteiger partial charge is 0.257 e. The van der Waals surface area contributed by atoms with Gasteiger partial charge in [0.1, 0.15) is 12.4 Å². The molecule has 3 atom stereocenters. The number of methoxy groups -OCH3 is 1. The molecule has 2 aliphatic heterocycles. The molecule has 1 fully saturated rings. The van der Waals surface area contributed by atoms with E-state index in [0.29, 0.717) is 61.7 Å². The molecule has 0 saturated carbocycles. The molecule has 2 aromatic carbocycles. The summed E-state index contributed by atoms with van der Waals surface area (Å²) in [6.45, 7) is 6.08. The molecule has 39 heavy (non-hydrogen) atoms. The van der Waals surface area contributed by atoms with Crippen LogP contribution < -0.4 is 10.1 Å². The van der Waals surface area contributed by atoms with E-state index < -0.39 is 0 Å². The molecule has 0 unspecified atom stereocenters. The van der Waals surface area contributed by atoms with Gasteiger partial charge in [-0.15, -0.1) is 0 Å². The van der Waals surface area contributed by atoms with Crippen molar-refractivity contribution in [2.24, 2.45) is 11.8 Å². The van der Waals surface area contributed by atoms with Crippen LogP contribution in [0.2, 0.25) is 0 Å². The first-order valence-electron chi connectivity index (χ1n) is 13.6. The fraction of sp³-hybridized carbons (Fsp3) is 0.500. The second-order valence-electron chi connectivity index (χ2n) is 10.5.